The number of carboxylic acids is 1. The van der Waals surface area contributed by atoms with Gasteiger partial charge in [0.25, 0.3) is 0 Å². The van der Waals surface area contributed by atoms with E-state index < -0.39 is 115 Å². The van der Waals surface area contributed by atoms with E-state index in [2.05, 4.69) is 26.6 Å². The maximum Gasteiger partial charge on any atom is 0.322 e. The summed E-state index contributed by atoms with van der Waals surface area (Å²) in [4.78, 5) is 123. The molecule has 0 unspecified atom stereocenters. The van der Waals surface area contributed by atoms with Gasteiger partial charge in [-0.15, -0.1) is 0 Å². The van der Waals surface area contributed by atoms with Crippen LogP contribution in [0.5, 0.6) is 0 Å². The Morgan fingerprint density at radius 3 is 1.80 bits per heavy atom. The monoisotopic (exact) mass is 834 g/mol. The second-order valence-corrected chi connectivity index (χ2v) is 15.8. The van der Waals surface area contributed by atoms with Crippen molar-refractivity contribution in [3.63, 3.8) is 0 Å². The lowest BCUT2D eigenvalue weighted by Crippen LogP contribution is -2.56. The largest absolute Gasteiger partial charge is 0.480 e. The van der Waals surface area contributed by atoms with Crippen LogP contribution in [0.2, 0.25) is 0 Å². The number of rotatable bonds is 17. The summed E-state index contributed by atoms with van der Waals surface area (Å²) >= 11 is 0. The minimum absolute atomic E-state index is 0.0877. The number of likely N-dealkylation sites (tertiary alicyclic amines) is 4. The van der Waals surface area contributed by atoms with E-state index in [1.54, 1.807) is 0 Å². The van der Waals surface area contributed by atoms with Gasteiger partial charge in [0.1, 0.15) is 36.8 Å². The number of nitrogens with two attached hydrogens (primary N) is 1. The van der Waals surface area contributed by atoms with Crippen molar-refractivity contribution in [3.05, 3.63) is 0 Å². The van der Waals surface area contributed by atoms with E-state index >= 15 is 0 Å². The summed E-state index contributed by atoms with van der Waals surface area (Å²) in [6, 6.07) is -5.44. The SMILES string of the molecule is NCCCC[C@H](NC(=O)CNC(=O)[C@@H]1CCCN1C(=O)[C@@H]1C[C@@H](O)CN1C(=O)CNC(=O)[C@@H]1CCCN1C(=O)[C@@H]1C[C@@H](O)CN1)C(=O)N1CCC[C@H]1C(=O)NCC(=O)O. The molecule has 5 aliphatic heterocycles. The molecule has 0 spiro atoms. The molecule has 0 radical (unpaired) electrons. The van der Waals surface area contributed by atoms with E-state index in [1.165, 1.54) is 19.6 Å². The van der Waals surface area contributed by atoms with E-state index in [1.807, 2.05) is 0 Å². The molecule has 5 heterocycles. The first-order valence-corrected chi connectivity index (χ1v) is 20.5. The quantitative estimate of drug-likeness (QED) is 0.0619. The van der Waals surface area contributed by atoms with Crippen LogP contribution < -0.4 is 32.3 Å². The summed E-state index contributed by atoms with van der Waals surface area (Å²) in [5.74, 6) is -5.71. The van der Waals surface area contributed by atoms with E-state index in [4.69, 9.17) is 10.8 Å². The predicted octanol–water partition coefficient (Wildman–Crippen LogP) is -5.31. The molecule has 59 heavy (non-hydrogen) atoms. The third-order valence-electron chi connectivity index (χ3n) is 11.6. The van der Waals surface area contributed by atoms with Gasteiger partial charge < -0.3 is 67.2 Å². The Morgan fingerprint density at radius 2 is 1.22 bits per heavy atom. The first kappa shape index (κ1) is 45.2. The number of amides is 8. The number of nitrogens with one attached hydrogen (secondary N) is 5. The zero-order chi connectivity index (χ0) is 42.8. The number of carbonyl (C=O) groups is 9. The minimum Gasteiger partial charge on any atom is -0.480 e. The van der Waals surface area contributed by atoms with Crippen LogP contribution >= 0.6 is 0 Å². The molecule has 328 valence electrons. The number of carboxylic acid groups (broad SMARTS) is 1. The van der Waals surface area contributed by atoms with Crippen LogP contribution in [0.1, 0.15) is 70.6 Å². The third-order valence-corrected chi connectivity index (χ3v) is 11.6. The van der Waals surface area contributed by atoms with E-state index in [9.17, 15) is 53.4 Å². The Morgan fingerprint density at radius 1 is 0.661 bits per heavy atom. The molecule has 5 fully saturated rings. The molecule has 5 rings (SSSR count). The highest BCUT2D eigenvalue weighted by Gasteiger charge is 2.46. The number of carbonyl (C=O) groups excluding carboxylic acids is 8. The van der Waals surface area contributed by atoms with Gasteiger partial charge in [0, 0.05) is 39.1 Å². The van der Waals surface area contributed by atoms with E-state index in [0.29, 0.717) is 58.0 Å². The first-order valence-electron chi connectivity index (χ1n) is 20.5. The van der Waals surface area contributed by atoms with Gasteiger partial charge in [-0.1, -0.05) is 0 Å². The maximum absolute atomic E-state index is 13.9. The van der Waals surface area contributed by atoms with Gasteiger partial charge in [-0.25, -0.2) is 0 Å². The van der Waals surface area contributed by atoms with Crippen LogP contribution in [0.4, 0.5) is 0 Å². The smallest absolute Gasteiger partial charge is 0.322 e. The normalized spacial score (nSPS) is 27.1. The fourth-order valence-corrected chi connectivity index (χ4v) is 8.67. The number of aliphatic hydroxyl groups excluding tert-OH is 2. The number of aliphatic carboxylic acids is 1. The molecule has 10 N–H and O–H groups in total. The summed E-state index contributed by atoms with van der Waals surface area (Å²) in [6.45, 7) is -0.387. The van der Waals surface area contributed by atoms with Crippen LogP contribution in [0, 0.1) is 0 Å². The average Bonchev–Trinajstić information content (AvgIpc) is 4.07. The van der Waals surface area contributed by atoms with Crippen LogP contribution in [-0.2, 0) is 43.2 Å². The van der Waals surface area contributed by atoms with Gasteiger partial charge in [-0.05, 0) is 70.8 Å². The van der Waals surface area contributed by atoms with Gasteiger partial charge >= 0.3 is 5.97 Å². The second-order valence-electron chi connectivity index (χ2n) is 15.8. The van der Waals surface area contributed by atoms with Crippen molar-refractivity contribution in [2.75, 3.05) is 58.9 Å². The fourth-order valence-electron chi connectivity index (χ4n) is 8.67. The van der Waals surface area contributed by atoms with E-state index in [0.717, 1.165) is 0 Å². The molecule has 0 aliphatic carbocycles. The minimum atomic E-state index is -1.23. The molecule has 0 aromatic rings. The van der Waals surface area contributed by atoms with Crippen LogP contribution in [-0.4, -0.2) is 196 Å². The third kappa shape index (κ3) is 11.4. The summed E-state index contributed by atoms with van der Waals surface area (Å²) in [5.41, 5.74) is 5.63. The lowest BCUT2D eigenvalue weighted by Gasteiger charge is -2.31. The number of unbranched alkanes of at least 4 members (excludes halogenated alkanes) is 1. The maximum atomic E-state index is 13.9. The highest BCUT2D eigenvalue weighted by atomic mass is 16.4. The first-order chi connectivity index (χ1) is 28.2. The van der Waals surface area contributed by atoms with Crippen LogP contribution in [0.3, 0.4) is 0 Å². The molecule has 22 heteroatoms. The fraction of sp³-hybridized carbons (Fsp3) is 0.757. The highest BCUT2D eigenvalue weighted by Crippen LogP contribution is 2.26. The van der Waals surface area contributed by atoms with Crippen LogP contribution in [0.25, 0.3) is 0 Å². The van der Waals surface area contributed by atoms with E-state index in [-0.39, 0.29) is 57.8 Å². The molecule has 5 aliphatic rings. The number of aliphatic hydroxyl groups is 2. The molecule has 22 nitrogen and oxygen atoms in total. The van der Waals surface area contributed by atoms with Gasteiger partial charge in [-0.2, -0.15) is 0 Å². The van der Waals surface area contributed by atoms with Gasteiger partial charge in [0.05, 0.1) is 31.3 Å². The zero-order valence-corrected chi connectivity index (χ0v) is 33.1. The van der Waals surface area contributed by atoms with Crippen molar-refractivity contribution in [3.8, 4) is 0 Å². The molecule has 0 aromatic heterocycles. The molecule has 0 aromatic carbocycles. The summed E-state index contributed by atoms with van der Waals surface area (Å²) in [5, 5.41) is 42.3. The molecular weight excluding hydrogens is 776 g/mol. The molecule has 0 bridgehead atoms. The predicted molar refractivity (Wildman–Crippen MR) is 204 cm³/mol. The van der Waals surface area contributed by atoms with Crippen molar-refractivity contribution in [1.82, 2.24) is 46.2 Å². The topological polar surface area (TPSA) is 313 Å². The number of nitrogens with zero attached hydrogens (tertiary/aromatic N) is 4. The van der Waals surface area contributed by atoms with Crippen LogP contribution in [0.15, 0.2) is 0 Å². The summed E-state index contributed by atoms with van der Waals surface area (Å²) < 4.78 is 0. The van der Waals surface area contributed by atoms with Crippen molar-refractivity contribution < 1.29 is 58.5 Å². The average molecular weight is 835 g/mol. The Balaban J connectivity index is 1.13. The van der Waals surface area contributed by atoms with Gasteiger partial charge in [0.2, 0.25) is 47.3 Å². The van der Waals surface area contributed by atoms with Crippen molar-refractivity contribution in [2.45, 2.75) is 119 Å². The van der Waals surface area contributed by atoms with Gasteiger partial charge in [-0.3, -0.25) is 43.2 Å². The number of β-amino-alcohol motifs (C(OH)–C–C–N with tert-alkyl or cyclic N) is 2. The van der Waals surface area contributed by atoms with Crippen molar-refractivity contribution >= 4 is 53.2 Å². The Kier molecular flexibility index (Phi) is 16.0. The molecule has 5 saturated heterocycles. The lowest BCUT2D eigenvalue weighted by atomic mass is 10.1. The summed E-state index contributed by atoms with van der Waals surface area (Å²) in [7, 11) is 0. The number of hydrogen-bond donors (Lipinski definition) is 9. The highest BCUT2D eigenvalue weighted by molar-refractivity contribution is 5.97. The van der Waals surface area contributed by atoms with Crippen molar-refractivity contribution in [2.24, 2.45) is 5.73 Å². The standard InChI is InChI=1S/C37H58N10O12/c38-10-2-1-6-23(35(57)44-11-3-8-26(44)34(56)42-19-31(52)53)43-29(50)17-40-32(54)27-9-5-13-46(27)37(59)28-15-22(49)20-47(28)30(51)18-41-33(55)25-7-4-12-45(25)36(58)24-14-21(48)16-39-24/h21-28,39,48-49H,1-20,38H2,(H,40,54)(H,41,55)(H,42,56)(H,43,50)(H,52,53)/t21-,22-,23+,24+,25+,26+,27+,28+/m1/s1. The molecule has 8 atom stereocenters. The summed E-state index contributed by atoms with van der Waals surface area (Å²) in [6.07, 6.45) is 2.26. The van der Waals surface area contributed by atoms with Crippen molar-refractivity contribution in [1.29, 1.82) is 0 Å². The van der Waals surface area contributed by atoms with Gasteiger partial charge in [0.15, 0.2) is 0 Å². The Labute approximate surface area is 341 Å². The second kappa shape index (κ2) is 20.9. The lowest BCUT2D eigenvalue weighted by molar-refractivity contribution is -0.147. The molecular formula is C37H58N10O12. The Hall–Kier alpha value is -4.93. The molecule has 8 amide bonds. The number of hydrogen-bond acceptors (Lipinski definition) is 13. The Bertz CT molecular complexity index is 1620. The molecule has 0 saturated carbocycles. The zero-order valence-electron chi connectivity index (χ0n) is 33.1.